The molecule has 0 aliphatic carbocycles. The highest BCUT2D eigenvalue weighted by atomic mass is 32.2. The Morgan fingerprint density at radius 1 is 1.13 bits per heavy atom. The highest BCUT2D eigenvalue weighted by Gasteiger charge is 2.22. The predicted octanol–water partition coefficient (Wildman–Crippen LogP) is 1.83. The lowest BCUT2D eigenvalue weighted by molar-refractivity contribution is 0.396. The van der Waals surface area contributed by atoms with E-state index in [-0.39, 0.29) is 11.4 Å². The molecule has 23 heavy (non-hydrogen) atoms. The van der Waals surface area contributed by atoms with E-state index < -0.39 is 10.0 Å². The van der Waals surface area contributed by atoms with E-state index in [4.69, 9.17) is 9.47 Å². The summed E-state index contributed by atoms with van der Waals surface area (Å²) in [7, 11) is -0.556. The van der Waals surface area contributed by atoms with Gasteiger partial charge < -0.3 is 9.47 Å². The summed E-state index contributed by atoms with van der Waals surface area (Å²) >= 11 is 0. The first kappa shape index (κ1) is 17.3. The fraction of sp³-hybridized carbons (Fsp3) is 0.400. The van der Waals surface area contributed by atoms with Crippen LogP contribution < -0.4 is 14.2 Å². The molecular weight excluding hydrogens is 318 g/mol. The van der Waals surface area contributed by atoms with Crippen molar-refractivity contribution in [2.24, 2.45) is 0 Å². The Bertz CT molecular complexity index is 793. The molecule has 0 aliphatic heterocycles. The molecule has 0 bridgehead atoms. The van der Waals surface area contributed by atoms with Crippen LogP contribution in [0.3, 0.4) is 0 Å². The van der Waals surface area contributed by atoms with Crippen LogP contribution in [-0.4, -0.2) is 32.8 Å². The van der Waals surface area contributed by atoms with Crippen molar-refractivity contribution in [3.8, 4) is 11.5 Å². The lowest BCUT2D eigenvalue weighted by atomic mass is 10.1. The number of rotatable bonds is 6. The average Bonchev–Trinajstić information content (AvgIpc) is 2.85. The van der Waals surface area contributed by atoms with Crippen molar-refractivity contribution in [1.82, 2.24) is 14.9 Å². The van der Waals surface area contributed by atoms with Crippen LogP contribution in [0.2, 0.25) is 0 Å². The number of methoxy groups -OCH3 is 2. The Labute approximate surface area is 136 Å². The van der Waals surface area contributed by atoms with Crippen molar-refractivity contribution in [3.63, 3.8) is 0 Å². The van der Waals surface area contributed by atoms with E-state index in [0.717, 1.165) is 5.56 Å². The van der Waals surface area contributed by atoms with Crippen LogP contribution in [0, 0.1) is 20.8 Å². The number of aryl methyl sites for hydroxylation is 3. The molecule has 8 heteroatoms. The molecule has 0 radical (unpaired) electrons. The lowest BCUT2D eigenvalue weighted by Gasteiger charge is -2.14. The van der Waals surface area contributed by atoms with Gasteiger partial charge in [0, 0.05) is 12.1 Å². The molecule has 2 rings (SSSR count). The number of benzene rings is 1. The van der Waals surface area contributed by atoms with Crippen molar-refractivity contribution in [3.05, 3.63) is 34.6 Å². The normalized spacial score (nSPS) is 11.5. The van der Waals surface area contributed by atoms with E-state index >= 15 is 0 Å². The molecule has 1 aromatic heterocycles. The number of aromatic amines is 1. The molecule has 0 spiro atoms. The van der Waals surface area contributed by atoms with E-state index in [1.165, 1.54) is 0 Å². The molecule has 1 heterocycles. The van der Waals surface area contributed by atoms with Crippen molar-refractivity contribution < 1.29 is 17.9 Å². The second kappa shape index (κ2) is 6.59. The zero-order chi connectivity index (χ0) is 17.2. The summed E-state index contributed by atoms with van der Waals surface area (Å²) in [6.07, 6.45) is 0. The SMILES string of the molecule is COc1cc(CNS(=O)(=O)c2c(C)n[nH]c2C)c(OC)cc1C. The van der Waals surface area contributed by atoms with Crippen LogP contribution in [-0.2, 0) is 16.6 Å². The molecule has 0 unspecified atom stereocenters. The van der Waals surface area contributed by atoms with Gasteiger partial charge in [-0.25, -0.2) is 13.1 Å². The quantitative estimate of drug-likeness (QED) is 0.837. The fourth-order valence-electron chi connectivity index (χ4n) is 2.43. The molecule has 0 fully saturated rings. The van der Waals surface area contributed by atoms with Gasteiger partial charge in [-0.1, -0.05) is 0 Å². The zero-order valence-corrected chi connectivity index (χ0v) is 14.7. The van der Waals surface area contributed by atoms with E-state index in [1.807, 2.05) is 13.0 Å². The largest absolute Gasteiger partial charge is 0.496 e. The molecule has 0 saturated heterocycles. The third-order valence-electron chi connectivity index (χ3n) is 3.58. The maximum absolute atomic E-state index is 12.5. The maximum atomic E-state index is 12.5. The van der Waals surface area contributed by atoms with Crippen molar-refractivity contribution >= 4 is 10.0 Å². The molecule has 2 aromatic rings. The van der Waals surface area contributed by atoms with Crippen molar-refractivity contribution in [1.29, 1.82) is 0 Å². The minimum absolute atomic E-state index is 0.0895. The summed E-state index contributed by atoms with van der Waals surface area (Å²) < 4.78 is 38.2. The van der Waals surface area contributed by atoms with E-state index in [1.54, 1.807) is 34.1 Å². The molecule has 0 aliphatic rings. The van der Waals surface area contributed by atoms with Crippen LogP contribution in [0.5, 0.6) is 11.5 Å². The number of ether oxygens (including phenoxy) is 2. The number of H-pyrrole nitrogens is 1. The molecular formula is C15H21N3O4S. The number of hydrogen-bond acceptors (Lipinski definition) is 5. The van der Waals surface area contributed by atoms with Crippen molar-refractivity contribution in [2.45, 2.75) is 32.2 Å². The van der Waals surface area contributed by atoms with Gasteiger partial charge in [0.15, 0.2) is 0 Å². The number of hydrogen-bond donors (Lipinski definition) is 2. The van der Waals surface area contributed by atoms with Crippen LogP contribution >= 0.6 is 0 Å². The second-order valence-corrected chi connectivity index (χ2v) is 6.93. The summed E-state index contributed by atoms with van der Waals surface area (Å²) in [5, 5.41) is 6.60. The fourth-order valence-corrected chi connectivity index (χ4v) is 3.81. The zero-order valence-electron chi connectivity index (χ0n) is 13.9. The van der Waals surface area contributed by atoms with E-state index in [0.29, 0.717) is 28.5 Å². The molecule has 2 N–H and O–H groups in total. The van der Waals surface area contributed by atoms with Gasteiger partial charge in [-0.05, 0) is 38.5 Å². The highest BCUT2D eigenvalue weighted by Crippen LogP contribution is 2.28. The Balaban J connectivity index is 2.30. The molecule has 0 saturated carbocycles. The summed E-state index contributed by atoms with van der Waals surface area (Å²) in [4.78, 5) is 0.176. The Hall–Kier alpha value is -2.06. The first-order chi connectivity index (χ1) is 10.8. The van der Waals surface area contributed by atoms with Gasteiger partial charge in [0.25, 0.3) is 0 Å². The van der Waals surface area contributed by atoms with Crippen LogP contribution in [0.25, 0.3) is 0 Å². The van der Waals surface area contributed by atoms with E-state index in [2.05, 4.69) is 14.9 Å². The first-order valence-corrected chi connectivity index (χ1v) is 8.51. The third kappa shape index (κ3) is 3.48. The second-order valence-electron chi connectivity index (χ2n) is 5.22. The first-order valence-electron chi connectivity index (χ1n) is 7.03. The minimum Gasteiger partial charge on any atom is -0.496 e. The molecule has 126 valence electrons. The van der Waals surface area contributed by atoms with Crippen LogP contribution in [0.15, 0.2) is 17.0 Å². The van der Waals surface area contributed by atoms with Crippen molar-refractivity contribution in [2.75, 3.05) is 14.2 Å². The van der Waals surface area contributed by atoms with Gasteiger partial charge in [0.2, 0.25) is 10.0 Å². The van der Waals surface area contributed by atoms with Gasteiger partial charge in [-0.15, -0.1) is 0 Å². The van der Waals surface area contributed by atoms with Gasteiger partial charge in [0.1, 0.15) is 16.4 Å². The molecule has 1 aromatic carbocycles. The van der Waals surface area contributed by atoms with Crippen LogP contribution in [0.1, 0.15) is 22.5 Å². The van der Waals surface area contributed by atoms with Gasteiger partial charge in [-0.2, -0.15) is 5.10 Å². The van der Waals surface area contributed by atoms with Gasteiger partial charge in [0.05, 0.1) is 25.6 Å². The number of aromatic nitrogens is 2. The Kier molecular flexibility index (Phi) is 4.96. The maximum Gasteiger partial charge on any atom is 0.244 e. The summed E-state index contributed by atoms with van der Waals surface area (Å²) in [5.74, 6) is 1.28. The molecule has 7 nitrogen and oxygen atoms in total. The van der Waals surface area contributed by atoms with Gasteiger partial charge in [-0.3, -0.25) is 5.10 Å². The smallest absolute Gasteiger partial charge is 0.244 e. The van der Waals surface area contributed by atoms with E-state index in [9.17, 15) is 8.42 Å². The lowest BCUT2D eigenvalue weighted by Crippen LogP contribution is -2.24. The summed E-state index contributed by atoms with van der Waals surface area (Å²) in [6.45, 7) is 5.30. The predicted molar refractivity (Wildman–Crippen MR) is 86.4 cm³/mol. The highest BCUT2D eigenvalue weighted by molar-refractivity contribution is 7.89. The monoisotopic (exact) mass is 339 g/mol. The average molecular weight is 339 g/mol. The number of sulfonamides is 1. The number of nitrogens with zero attached hydrogens (tertiary/aromatic N) is 1. The minimum atomic E-state index is -3.67. The van der Waals surface area contributed by atoms with Gasteiger partial charge >= 0.3 is 0 Å². The molecule has 0 atom stereocenters. The van der Waals surface area contributed by atoms with Crippen LogP contribution in [0.4, 0.5) is 0 Å². The standard InChI is InChI=1S/C15H21N3O4S/c1-9-6-14(22-5)12(7-13(9)21-4)8-16-23(19,20)15-10(2)17-18-11(15)3/h6-7,16H,8H2,1-5H3,(H,17,18). The number of nitrogens with one attached hydrogen (secondary N) is 2. The summed E-state index contributed by atoms with van der Waals surface area (Å²) in [6, 6.07) is 3.59. The summed E-state index contributed by atoms with van der Waals surface area (Å²) in [5.41, 5.74) is 2.54. The Morgan fingerprint density at radius 3 is 2.30 bits per heavy atom. The topological polar surface area (TPSA) is 93.3 Å². The third-order valence-corrected chi connectivity index (χ3v) is 5.24. The Morgan fingerprint density at radius 2 is 1.78 bits per heavy atom. The molecule has 0 amide bonds.